The van der Waals surface area contributed by atoms with Crippen molar-refractivity contribution in [2.24, 2.45) is 4.40 Å². The van der Waals surface area contributed by atoms with Crippen molar-refractivity contribution in [2.75, 3.05) is 13.7 Å². The fourth-order valence-corrected chi connectivity index (χ4v) is 6.11. The lowest BCUT2D eigenvalue weighted by atomic mass is 10.1. The first kappa shape index (κ1) is 28.5. The Hall–Kier alpha value is -3.53. The number of rotatable bonds is 10. The molecule has 0 aromatic heterocycles. The first-order chi connectivity index (χ1) is 18.7. The Balaban J connectivity index is 1.59. The van der Waals surface area contributed by atoms with Crippen LogP contribution >= 0.6 is 23.4 Å². The summed E-state index contributed by atoms with van der Waals surface area (Å²) < 4.78 is 41.4. The van der Waals surface area contributed by atoms with E-state index in [1.807, 2.05) is 25.1 Å². The molecule has 0 radical (unpaired) electrons. The van der Waals surface area contributed by atoms with Crippen molar-refractivity contribution in [3.05, 3.63) is 106 Å². The van der Waals surface area contributed by atoms with Crippen LogP contribution in [0, 0.1) is 0 Å². The molecule has 0 unspecified atom stereocenters. The van der Waals surface area contributed by atoms with E-state index < -0.39 is 10.0 Å². The maximum Gasteiger partial charge on any atom is 0.284 e. The Morgan fingerprint density at radius 2 is 1.82 bits per heavy atom. The number of amidine groups is 1. The van der Waals surface area contributed by atoms with Gasteiger partial charge in [-0.25, -0.2) is 0 Å². The summed E-state index contributed by atoms with van der Waals surface area (Å²) in [5, 5.41) is 0.675. The van der Waals surface area contributed by atoms with E-state index in [2.05, 4.69) is 11.0 Å². The van der Waals surface area contributed by atoms with Gasteiger partial charge in [0, 0.05) is 17.1 Å². The van der Waals surface area contributed by atoms with Crippen LogP contribution in [0.4, 0.5) is 0 Å². The Bertz CT molecular complexity index is 1550. The van der Waals surface area contributed by atoms with Crippen LogP contribution in [0.3, 0.4) is 0 Å². The average Bonchev–Trinajstić information content (AvgIpc) is 3.21. The SMILES string of the molecule is C=CCN1C(=O)/C(=C/c2ccc(OCc3ccccc3Cl)c(OC)c2)SC1=NS(=O)(=O)c1ccc(CC)cc1. The van der Waals surface area contributed by atoms with Gasteiger partial charge < -0.3 is 9.47 Å². The zero-order valence-electron chi connectivity index (χ0n) is 21.5. The third-order valence-electron chi connectivity index (χ3n) is 5.85. The van der Waals surface area contributed by atoms with Crippen molar-refractivity contribution in [2.45, 2.75) is 24.8 Å². The van der Waals surface area contributed by atoms with E-state index in [9.17, 15) is 13.2 Å². The van der Waals surface area contributed by atoms with Gasteiger partial charge in [-0.3, -0.25) is 9.69 Å². The van der Waals surface area contributed by atoms with Gasteiger partial charge in [0.1, 0.15) is 6.61 Å². The molecule has 1 amide bonds. The summed E-state index contributed by atoms with van der Waals surface area (Å²) >= 11 is 7.21. The van der Waals surface area contributed by atoms with Gasteiger partial charge in [-0.05, 0) is 65.7 Å². The number of halogens is 1. The first-order valence-electron chi connectivity index (χ1n) is 12.1. The number of nitrogens with zero attached hydrogens (tertiary/aromatic N) is 2. The Labute approximate surface area is 237 Å². The van der Waals surface area contributed by atoms with Crippen molar-refractivity contribution in [3.8, 4) is 11.5 Å². The molecule has 7 nitrogen and oxygen atoms in total. The number of amides is 1. The summed E-state index contributed by atoms with van der Waals surface area (Å²) in [6.45, 7) is 6.05. The number of hydrogen-bond donors (Lipinski definition) is 0. The maximum atomic E-state index is 13.2. The van der Waals surface area contributed by atoms with Crippen molar-refractivity contribution >= 4 is 50.5 Å². The minimum Gasteiger partial charge on any atom is -0.493 e. The lowest BCUT2D eigenvalue weighted by Gasteiger charge is -2.13. The zero-order valence-corrected chi connectivity index (χ0v) is 23.9. The summed E-state index contributed by atoms with van der Waals surface area (Å²) in [5.74, 6) is 0.621. The number of benzene rings is 3. The third kappa shape index (κ3) is 6.73. The van der Waals surface area contributed by atoms with E-state index >= 15 is 0 Å². The molecule has 10 heteroatoms. The van der Waals surface area contributed by atoms with E-state index in [0.29, 0.717) is 27.0 Å². The number of carbonyl (C=O) groups is 1. The molecular weight excluding hydrogens is 556 g/mol. The van der Waals surface area contributed by atoms with E-state index in [4.69, 9.17) is 21.1 Å². The molecule has 1 heterocycles. The number of thioether (sulfide) groups is 1. The molecule has 3 aromatic rings. The van der Waals surface area contributed by atoms with Gasteiger partial charge in [-0.2, -0.15) is 8.42 Å². The summed E-state index contributed by atoms with van der Waals surface area (Å²) in [7, 11) is -2.50. The molecule has 1 aliphatic heterocycles. The second kappa shape index (κ2) is 12.5. The monoisotopic (exact) mass is 582 g/mol. The normalized spacial score (nSPS) is 15.7. The number of hydrogen-bond acceptors (Lipinski definition) is 6. The number of aryl methyl sites for hydroxylation is 1. The molecule has 0 spiro atoms. The van der Waals surface area contributed by atoms with Gasteiger partial charge >= 0.3 is 0 Å². The molecule has 202 valence electrons. The first-order valence-corrected chi connectivity index (χ1v) is 14.7. The Morgan fingerprint density at radius 1 is 1.08 bits per heavy atom. The standard InChI is InChI=1S/C29H27ClN2O5S2/c1-4-16-32-28(33)27(38-29(32)31-39(34,35)23-13-10-20(5-2)11-14-23)18-21-12-15-25(26(17-21)36-3)37-19-22-8-6-7-9-24(22)30/h4,6-15,17-18H,1,5,16,19H2,2-3H3/b27-18-,31-29?. The molecule has 3 aromatic carbocycles. The minimum absolute atomic E-state index is 0.0633. The third-order valence-corrected chi connectivity index (χ3v) is 8.63. The highest BCUT2D eigenvalue weighted by Gasteiger charge is 2.34. The second-order valence-electron chi connectivity index (χ2n) is 8.45. The molecule has 1 aliphatic rings. The van der Waals surface area contributed by atoms with Crippen LogP contribution in [-0.2, 0) is 27.8 Å². The average molecular weight is 583 g/mol. The van der Waals surface area contributed by atoms with Crippen LogP contribution in [-0.4, -0.2) is 38.0 Å². The van der Waals surface area contributed by atoms with Gasteiger partial charge in [0.05, 0.1) is 16.9 Å². The molecule has 39 heavy (non-hydrogen) atoms. The molecule has 0 aliphatic carbocycles. The van der Waals surface area contributed by atoms with Gasteiger partial charge in [0.25, 0.3) is 15.9 Å². The van der Waals surface area contributed by atoms with Crippen LogP contribution in [0.15, 0.2) is 93.6 Å². The number of methoxy groups -OCH3 is 1. The highest BCUT2D eigenvalue weighted by atomic mass is 35.5. The van der Waals surface area contributed by atoms with Crippen molar-refractivity contribution in [1.82, 2.24) is 4.90 Å². The lowest BCUT2D eigenvalue weighted by molar-refractivity contribution is -0.121. The largest absolute Gasteiger partial charge is 0.493 e. The highest BCUT2D eigenvalue weighted by Crippen LogP contribution is 2.36. The van der Waals surface area contributed by atoms with Gasteiger partial charge in [0.2, 0.25) is 0 Å². The van der Waals surface area contributed by atoms with Crippen molar-refractivity contribution in [3.63, 3.8) is 0 Å². The molecule has 4 rings (SSSR count). The van der Waals surface area contributed by atoms with Crippen LogP contribution in [0.5, 0.6) is 11.5 Å². The predicted octanol–water partition coefficient (Wildman–Crippen LogP) is 6.34. The van der Waals surface area contributed by atoms with E-state index in [-0.39, 0.29) is 29.1 Å². The van der Waals surface area contributed by atoms with Crippen LogP contribution in [0.25, 0.3) is 6.08 Å². The minimum atomic E-state index is -4.02. The van der Waals surface area contributed by atoms with E-state index in [1.54, 1.807) is 42.5 Å². The lowest BCUT2D eigenvalue weighted by Crippen LogP contribution is -2.29. The van der Waals surface area contributed by atoms with Crippen LogP contribution in [0.2, 0.25) is 5.02 Å². The molecule has 0 atom stereocenters. The molecular formula is C29H27ClN2O5S2. The fraction of sp³-hybridized carbons (Fsp3) is 0.172. The number of carbonyl (C=O) groups excluding carboxylic acids is 1. The van der Waals surface area contributed by atoms with Gasteiger partial charge in [0.15, 0.2) is 16.7 Å². The van der Waals surface area contributed by atoms with Gasteiger partial charge in [-0.15, -0.1) is 11.0 Å². The van der Waals surface area contributed by atoms with Crippen molar-refractivity contribution < 1.29 is 22.7 Å². The molecule has 0 N–H and O–H groups in total. The Kier molecular flexibility index (Phi) is 9.16. The van der Waals surface area contributed by atoms with Crippen molar-refractivity contribution in [1.29, 1.82) is 0 Å². The Morgan fingerprint density at radius 3 is 2.49 bits per heavy atom. The molecule has 0 bridgehead atoms. The summed E-state index contributed by atoms with van der Waals surface area (Å²) in [5.41, 5.74) is 2.53. The predicted molar refractivity (Wildman–Crippen MR) is 157 cm³/mol. The molecule has 1 fully saturated rings. The highest BCUT2D eigenvalue weighted by molar-refractivity contribution is 8.19. The second-order valence-corrected chi connectivity index (χ2v) is 11.5. The van der Waals surface area contributed by atoms with E-state index in [1.165, 1.54) is 30.2 Å². The summed E-state index contributed by atoms with van der Waals surface area (Å²) in [6, 6.07) is 19.2. The molecule has 0 saturated carbocycles. The summed E-state index contributed by atoms with van der Waals surface area (Å²) in [6.07, 6.45) is 3.97. The number of ether oxygens (including phenoxy) is 2. The van der Waals surface area contributed by atoms with E-state index in [0.717, 1.165) is 29.3 Å². The molecule has 1 saturated heterocycles. The smallest absolute Gasteiger partial charge is 0.284 e. The fourth-order valence-electron chi connectivity index (χ4n) is 3.73. The quantitative estimate of drug-likeness (QED) is 0.205. The maximum absolute atomic E-state index is 13.2. The zero-order chi connectivity index (χ0) is 28.0. The van der Waals surface area contributed by atoms with Gasteiger partial charge in [-0.1, -0.05) is 61.0 Å². The summed E-state index contributed by atoms with van der Waals surface area (Å²) in [4.78, 5) is 14.8. The van der Waals surface area contributed by atoms with Crippen LogP contribution < -0.4 is 9.47 Å². The number of sulfonamides is 1. The van der Waals surface area contributed by atoms with Crippen LogP contribution in [0.1, 0.15) is 23.6 Å². The topological polar surface area (TPSA) is 85.3 Å².